The van der Waals surface area contributed by atoms with Gasteiger partial charge in [0.15, 0.2) is 33.0 Å². The molecule has 6 rings (SSSR count). The summed E-state index contributed by atoms with van der Waals surface area (Å²) in [6.07, 6.45) is 1.92. The maximum Gasteiger partial charge on any atom is 0.303 e. The summed E-state index contributed by atoms with van der Waals surface area (Å²) in [4.78, 5) is 62.2. The lowest BCUT2D eigenvalue weighted by Crippen LogP contribution is -2.60. The molecule has 2 aromatic rings. The van der Waals surface area contributed by atoms with Crippen LogP contribution in [-0.2, 0) is 24.0 Å². The van der Waals surface area contributed by atoms with Crippen LogP contribution in [0.2, 0.25) is 0 Å². The summed E-state index contributed by atoms with van der Waals surface area (Å²) >= 11 is 14.2. The number of likely N-dealkylation sites (tertiary alicyclic amines) is 1. The fraction of sp³-hybridized carbons (Fsp3) is 0.424. The van der Waals surface area contributed by atoms with Crippen molar-refractivity contribution in [3.8, 4) is 5.75 Å². The molecule has 2 saturated heterocycles. The van der Waals surface area contributed by atoms with E-state index in [9.17, 15) is 42.3 Å². The molecule has 16 heteroatoms. The first kappa shape index (κ1) is 34.8. The van der Waals surface area contributed by atoms with Crippen LogP contribution in [0.5, 0.6) is 5.75 Å². The SMILES string of the molecule is Cc1cc([C@H]2C3=CC[C@@H]4C(=O)N(CCCCCC(=O)O)C(=O)[C@@H]4[C@@H]3C[C@@]3(Cl)C(=O)N(c4c(F)c(F)c(F)c(F)c4F)C(=O)[C@@]23Cl)ccc1O. The minimum absolute atomic E-state index is 0.00407. The maximum atomic E-state index is 15.1. The van der Waals surface area contributed by atoms with Crippen molar-refractivity contribution in [2.75, 3.05) is 11.4 Å². The molecule has 3 fully saturated rings. The highest BCUT2D eigenvalue weighted by Gasteiger charge is 2.77. The number of aryl methyl sites for hydroxylation is 1. The maximum absolute atomic E-state index is 15.1. The number of hydrogen-bond donors (Lipinski definition) is 2. The second-order valence-corrected chi connectivity index (χ2v) is 14.0. The van der Waals surface area contributed by atoms with Crippen molar-refractivity contribution in [2.45, 2.75) is 61.1 Å². The molecule has 4 amide bonds. The number of aliphatic carboxylic acids is 1. The Bertz CT molecular complexity index is 1860. The van der Waals surface area contributed by atoms with Crippen molar-refractivity contribution < 1.29 is 56.1 Å². The molecule has 0 bridgehead atoms. The van der Waals surface area contributed by atoms with Crippen LogP contribution in [0.15, 0.2) is 29.8 Å². The zero-order valence-electron chi connectivity index (χ0n) is 25.5. The summed E-state index contributed by atoms with van der Waals surface area (Å²) in [6, 6.07) is 4.03. The number of carboxylic acid groups (broad SMARTS) is 1. The van der Waals surface area contributed by atoms with Crippen LogP contribution in [0.4, 0.5) is 27.6 Å². The number of anilines is 1. The van der Waals surface area contributed by atoms with Crippen molar-refractivity contribution in [1.82, 2.24) is 4.90 Å². The number of aromatic hydroxyl groups is 1. The average molecular weight is 729 g/mol. The molecule has 0 radical (unpaired) electrons. The number of alkyl halides is 2. The lowest BCUT2D eigenvalue weighted by molar-refractivity contribution is -0.141. The normalized spacial score (nSPS) is 29.3. The second kappa shape index (κ2) is 12.1. The molecule has 260 valence electrons. The van der Waals surface area contributed by atoms with Gasteiger partial charge < -0.3 is 10.2 Å². The fourth-order valence-corrected chi connectivity index (χ4v) is 8.74. The predicted molar refractivity (Wildman–Crippen MR) is 162 cm³/mol. The third-order valence-corrected chi connectivity index (χ3v) is 11.6. The average Bonchev–Trinajstić information content (AvgIpc) is 3.38. The number of rotatable bonds is 8. The van der Waals surface area contributed by atoms with Gasteiger partial charge in [0.25, 0.3) is 11.8 Å². The van der Waals surface area contributed by atoms with E-state index >= 15 is 8.78 Å². The summed E-state index contributed by atoms with van der Waals surface area (Å²) in [7, 11) is 0. The van der Waals surface area contributed by atoms with Crippen LogP contribution in [0.3, 0.4) is 0 Å². The molecule has 0 unspecified atom stereocenters. The number of fused-ring (bicyclic) bond motifs is 4. The van der Waals surface area contributed by atoms with E-state index in [-0.39, 0.29) is 41.2 Å². The fourth-order valence-electron chi connectivity index (χ4n) is 7.81. The third kappa shape index (κ3) is 4.88. The Kier molecular flexibility index (Phi) is 8.58. The summed E-state index contributed by atoms with van der Waals surface area (Å²) in [5.74, 6) is -22.3. The number of imide groups is 2. The molecule has 2 aromatic carbocycles. The standard InChI is InChI=1S/C33H27Cl2F5N2O7/c1-13-11-14(6-9-18(13)43)21-15-7-8-16-20(29(47)41(28(16)46)10-4-2-3-5-19(44)45)17(15)12-32(34)30(48)42(31(49)33(21,32)35)27-25(39)23(37)22(36)24(38)26(27)40/h6-7,9,11,16-17,20-21,43H,2-5,8,10,12H2,1H3,(H,44,45)/t16-,17+,20-,21-,32+,33-/m0/s1. The number of benzene rings is 2. The number of carboxylic acids is 1. The van der Waals surface area contributed by atoms with Gasteiger partial charge in [0.05, 0.1) is 11.8 Å². The lowest BCUT2D eigenvalue weighted by Gasteiger charge is -2.50. The Morgan fingerprint density at radius 2 is 1.53 bits per heavy atom. The number of allylic oxidation sites excluding steroid dienone is 2. The first-order valence-electron chi connectivity index (χ1n) is 15.3. The Morgan fingerprint density at radius 3 is 2.14 bits per heavy atom. The number of amides is 4. The molecule has 9 nitrogen and oxygen atoms in total. The number of phenols is 1. The van der Waals surface area contributed by atoms with Gasteiger partial charge in [0.2, 0.25) is 17.6 Å². The van der Waals surface area contributed by atoms with Gasteiger partial charge in [-0.3, -0.25) is 28.9 Å². The van der Waals surface area contributed by atoms with Crippen molar-refractivity contribution in [1.29, 1.82) is 0 Å². The molecule has 2 N–H and O–H groups in total. The van der Waals surface area contributed by atoms with Crippen LogP contribution in [0.1, 0.15) is 55.6 Å². The van der Waals surface area contributed by atoms with Gasteiger partial charge in [-0.2, -0.15) is 0 Å². The number of unbranched alkanes of at least 4 members (excludes halogenated alkanes) is 2. The van der Waals surface area contributed by atoms with Crippen LogP contribution in [0, 0.1) is 53.8 Å². The Labute approximate surface area is 285 Å². The first-order chi connectivity index (χ1) is 23.0. The van der Waals surface area contributed by atoms with E-state index < -0.39 is 104 Å². The van der Waals surface area contributed by atoms with Crippen LogP contribution in [-0.4, -0.2) is 61.0 Å². The van der Waals surface area contributed by atoms with Gasteiger partial charge in [0.1, 0.15) is 11.4 Å². The van der Waals surface area contributed by atoms with E-state index in [0.29, 0.717) is 24.8 Å². The highest BCUT2D eigenvalue weighted by Crippen LogP contribution is 2.66. The summed E-state index contributed by atoms with van der Waals surface area (Å²) in [6.45, 7) is 1.50. The molecule has 6 atom stereocenters. The van der Waals surface area contributed by atoms with Gasteiger partial charge in [-0.25, -0.2) is 26.9 Å². The van der Waals surface area contributed by atoms with Gasteiger partial charge in [0, 0.05) is 18.9 Å². The number of halogens is 7. The minimum Gasteiger partial charge on any atom is -0.508 e. The first-order valence-corrected chi connectivity index (χ1v) is 16.1. The predicted octanol–water partition coefficient (Wildman–Crippen LogP) is 5.60. The smallest absolute Gasteiger partial charge is 0.303 e. The molecule has 2 aliphatic carbocycles. The van der Waals surface area contributed by atoms with Gasteiger partial charge >= 0.3 is 5.97 Å². The molecule has 0 aromatic heterocycles. The van der Waals surface area contributed by atoms with Crippen LogP contribution >= 0.6 is 23.2 Å². The van der Waals surface area contributed by atoms with Gasteiger partial charge in [-0.05, 0) is 55.7 Å². The number of hydrogen-bond acceptors (Lipinski definition) is 6. The van der Waals surface area contributed by atoms with E-state index in [0.717, 1.165) is 4.90 Å². The number of nitrogens with zero attached hydrogens (tertiary/aromatic N) is 2. The Hall–Kier alpha value is -4.04. The molecular formula is C33H27Cl2F5N2O7. The van der Waals surface area contributed by atoms with Gasteiger partial charge in [-0.1, -0.05) is 30.2 Å². The van der Waals surface area contributed by atoms with Crippen molar-refractivity contribution in [2.24, 2.45) is 17.8 Å². The molecule has 0 spiro atoms. The van der Waals surface area contributed by atoms with Crippen molar-refractivity contribution in [3.63, 3.8) is 0 Å². The van der Waals surface area contributed by atoms with E-state index in [1.807, 2.05) is 0 Å². The summed E-state index contributed by atoms with van der Waals surface area (Å²) in [5.41, 5.74) is -1.11. The lowest BCUT2D eigenvalue weighted by atomic mass is 9.56. The van der Waals surface area contributed by atoms with Crippen LogP contribution in [0.25, 0.3) is 0 Å². The Morgan fingerprint density at radius 1 is 0.898 bits per heavy atom. The minimum atomic E-state index is -2.65. The van der Waals surface area contributed by atoms with Crippen molar-refractivity contribution in [3.05, 3.63) is 70.1 Å². The number of carbonyl (C=O) groups excluding carboxylic acids is 4. The summed E-state index contributed by atoms with van der Waals surface area (Å²) in [5, 5.41) is 19.1. The highest BCUT2D eigenvalue weighted by atomic mass is 35.5. The van der Waals surface area contributed by atoms with Gasteiger partial charge in [-0.15, -0.1) is 23.2 Å². The van der Waals surface area contributed by atoms with Crippen LogP contribution < -0.4 is 4.90 Å². The largest absolute Gasteiger partial charge is 0.508 e. The van der Waals surface area contributed by atoms with E-state index in [1.54, 1.807) is 6.08 Å². The third-order valence-electron chi connectivity index (χ3n) is 10.1. The molecule has 49 heavy (non-hydrogen) atoms. The molecule has 2 aliphatic heterocycles. The summed E-state index contributed by atoms with van der Waals surface area (Å²) < 4.78 is 73.0. The number of phenolic OH excluding ortho intramolecular Hbond substituents is 1. The molecular weight excluding hydrogens is 702 g/mol. The topological polar surface area (TPSA) is 132 Å². The van der Waals surface area contributed by atoms with E-state index in [4.69, 9.17) is 28.3 Å². The molecule has 4 aliphatic rings. The number of carbonyl (C=O) groups is 5. The molecule has 2 heterocycles. The van der Waals surface area contributed by atoms with E-state index in [1.165, 1.54) is 25.1 Å². The zero-order chi connectivity index (χ0) is 35.9. The zero-order valence-corrected chi connectivity index (χ0v) is 27.1. The molecule has 1 saturated carbocycles. The quantitative estimate of drug-likeness (QED) is 0.0688. The van der Waals surface area contributed by atoms with E-state index in [2.05, 4.69) is 0 Å². The monoisotopic (exact) mass is 728 g/mol. The highest BCUT2D eigenvalue weighted by molar-refractivity contribution is 6.58. The van der Waals surface area contributed by atoms with Crippen molar-refractivity contribution >= 4 is 58.5 Å². The Balaban J connectivity index is 1.47. The second-order valence-electron chi connectivity index (χ2n) is 12.8.